The third-order valence-corrected chi connectivity index (χ3v) is 8.44. The van der Waals surface area contributed by atoms with Crippen molar-refractivity contribution in [2.75, 3.05) is 17.8 Å². The maximum atomic E-state index is 13.3. The number of carbonyl (C=O) groups excluding carboxylic acids is 1. The van der Waals surface area contributed by atoms with Gasteiger partial charge < -0.3 is 15.2 Å². The largest absolute Gasteiger partial charge is 0.360 e. The molecule has 4 aromatic rings. The predicted molar refractivity (Wildman–Crippen MR) is 159 cm³/mol. The van der Waals surface area contributed by atoms with Gasteiger partial charge in [-0.3, -0.25) is 14.3 Å². The summed E-state index contributed by atoms with van der Waals surface area (Å²) in [5.41, 5.74) is 2.60. The molecule has 1 aromatic heterocycles. The summed E-state index contributed by atoms with van der Waals surface area (Å²) in [5.74, 6) is -0.170. The standard InChI is InChI=1S/C31H36N4O4S/c1-21(2)24-10-12-25(13-11-24)34-40(38,39)26-14-15-29-27(18-26)30(36)28(19-33-29)31(37)32-16-17-35(22(3)4)20-23-8-6-5-7-9-23/h5-15,18-19,21-22,34H,16-17,20H2,1-4H3,(H,32,37)(H,33,36)/p+1. The Morgan fingerprint density at radius 1 is 0.950 bits per heavy atom. The molecule has 40 heavy (non-hydrogen) atoms. The average Bonchev–Trinajstić information content (AvgIpc) is 2.93. The number of pyridine rings is 1. The quantitative estimate of drug-likeness (QED) is 0.224. The van der Waals surface area contributed by atoms with Crippen molar-refractivity contribution in [1.82, 2.24) is 10.3 Å². The minimum Gasteiger partial charge on any atom is -0.360 e. The second-order valence-corrected chi connectivity index (χ2v) is 12.3. The number of hydrogen-bond donors (Lipinski definition) is 4. The number of carbonyl (C=O) groups is 1. The van der Waals surface area contributed by atoms with E-state index in [1.54, 1.807) is 12.1 Å². The van der Waals surface area contributed by atoms with E-state index in [9.17, 15) is 18.0 Å². The summed E-state index contributed by atoms with van der Waals surface area (Å²) in [6.07, 6.45) is 1.37. The number of sulfonamides is 1. The lowest BCUT2D eigenvalue weighted by Crippen LogP contribution is -3.14. The Morgan fingerprint density at radius 3 is 2.30 bits per heavy atom. The molecule has 1 atom stereocenters. The van der Waals surface area contributed by atoms with Gasteiger partial charge in [0.1, 0.15) is 12.1 Å². The van der Waals surface area contributed by atoms with Gasteiger partial charge in [-0.05, 0) is 55.7 Å². The first-order valence-corrected chi connectivity index (χ1v) is 15.0. The molecule has 0 saturated heterocycles. The fourth-order valence-electron chi connectivity index (χ4n) is 4.55. The summed E-state index contributed by atoms with van der Waals surface area (Å²) >= 11 is 0. The Bertz CT molecular complexity index is 1630. The van der Waals surface area contributed by atoms with E-state index in [2.05, 4.69) is 54.9 Å². The fraction of sp³-hybridized carbons (Fsp3) is 0.290. The van der Waals surface area contributed by atoms with Crippen LogP contribution < -0.4 is 20.4 Å². The van der Waals surface area contributed by atoms with Gasteiger partial charge in [0.25, 0.3) is 15.9 Å². The third kappa shape index (κ3) is 6.97. The molecule has 0 aliphatic heterocycles. The molecule has 0 spiro atoms. The third-order valence-electron chi connectivity index (χ3n) is 7.06. The Hall–Kier alpha value is -3.95. The molecule has 1 amide bonds. The zero-order valence-corrected chi connectivity index (χ0v) is 24.1. The molecule has 0 radical (unpaired) electrons. The number of anilines is 1. The first kappa shape index (κ1) is 29.0. The molecule has 4 N–H and O–H groups in total. The number of H-pyrrole nitrogens is 1. The second-order valence-electron chi connectivity index (χ2n) is 10.6. The lowest BCUT2D eigenvalue weighted by atomic mass is 10.0. The van der Waals surface area contributed by atoms with E-state index in [1.165, 1.54) is 34.9 Å². The molecule has 210 valence electrons. The molecule has 0 aliphatic rings. The van der Waals surface area contributed by atoms with Gasteiger partial charge in [0.05, 0.1) is 24.0 Å². The fourth-order valence-corrected chi connectivity index (χ4v) is 5.64. The zero-order chi connectivity index (χ0) is 28.9. The molecule has 0 fully saturated rings. The van der Waals surface area contributed by atoms with Gasteiger partial charge in [-0.1, -0.05) is 56.3 Å². The van der Waals surface area contributed by atoms with Crippen LogP contribution in [-0.4, -0.2) is 38.4 Å². The zero-order valence-electron chi connectivity index (χ0n) is 23.3. The highest BCUT2D eigenvalue weighted by Gasteiger charge is 2.19. The van der Waals surface area contributed by atoms with Crippen LogP contribution in [-0.2, 0) is 16.6 Å². The van der Waals surface area contributed by atoms with Crippen LogP contribution >= 0.6 is 0 Å². The van der Waals surface area contributed by atoms with Crippen LogP contribution in [0, 0.1) is 0 Å². The predicted octanol–water partition coefficient (Wildman–Crippen LogP) is 3.68. The summed E-state index contributed by atoms with van der Waals surface area (Å²) < 4.78 is 28.7. The highest BCUT2D eigenvalue weighted by Crippen LogP contribution is 2.21. The molecule has 3 aromatic carbocycles. The Balaban J connectivity index is 1.48. The lowest BCUT2D eigenvalue weighted by molar-refractivity contribution is -0.933. The summed E-state index contributed by atoms with van der Waals surface area (Å²) in [6.45, 7) is 10.3. The number of rotatable bonds is 11. The minimum atomic E-state index is -3.95. The van der Waals surface area contributed by atoms with Gasteiger partial charge in [0.15, 0.2) is 0 Å². The second kappa shape index (κ2) is 12.5. The maximum absolute atomic E-state index is 13.3. The molecular formula is C31H37N4O4S+. The molecule has 9 heteroatoms. The summed E-state index contributed by atoms with van der Waals surface area (Å²) in [4.78, 5) is 30.4. The molecule has 0 aliphatic carbocycles. The summed E-state index contributed by atoms with van der Waals surface area (Å²) in [5, 5.41) is 2.98. The van der Waals surface area contributed by atoms with Crippen molar-refractivity contribution in [2.24, 2.45) is 0 Å². The number of fused-ring (bicyclic) bond motifs is 1. The van der Waals surface area contributed by atoms with E-state index in [0.717, 1.165) is 12.1 Å². The number of hydrogen-bond acceptors (Lipinski definition) is 4. The van der Waals surface area contributed by atoms with Crippen molar-refractivity contribution in [3.05, 3.63) is 106 Å². The molecule has 8 nitrogen and oxygen atoms in total. The number of benzene rings is 3. The van der Waals surface area contributed by atoms with Crippen LogP contribution in [0.2, 0.25) is 0 Å². The van der Waals surface area contributed by atoms with E-state index in [-0.39, 0.29) is 15.8 Å². The van der Waals surface area contributed by atoms with E-state index < -0.39 is 21.4 Å². The SMILES string of the molecule is CC(C)c1ccc(NS(=O)(=O)c2ccc3[nH]cc(C(=O)NCC[NH+](Cc4ccccc4)C(C)C)c(=O)c3c2)cc1. The number of nitrogens with one attached hydrogen (secondary N) is 4. The molecule has 4 rings (SSSR count). The van der Waals surface area contributed by atoms with Gasteiger partial charge in [-0.25, -0.2) is 8.42 Å². The molecular weight excluding hydrogens is 524 g/mol. The van der Waals surface area contributed by atoms with Crippen molar-refractivity contribution >= 4 is 32.5 Å². The van der Waals surface area contributed by atoms with Crippen LogP contribution in [0.1, 0.15) is 55.1 Å². The van der Waals surface area contributed by atoms with Crippen LogP contribution in [0.4, 0.5) is 5.69 Å². The van der Waals surface area contributed by atoms with Crippen molar-refractivity contribution in [3.8, 4) is 0 Å². The topological polar surface area (TPSA) is 113 Å². The van der Waals surface area contributed by atoms with Crippen LogP contribution in [0.25, 0.3) is 10.9 Å². The smallest absolute Gasteiger partial charge is 0.261 e. The van der Waals surface area contributed by atoms with Crippen molar-refractivity contribution < 1.29 is 18.1 Å². The van der Waals surface area contributed by atoms with Gasteiger partial charge in [-0.2, -0.15) is 0 Å². The monoisotopic (exact) mass is 561 g/mol. The molecule has 1 heterocycles. The number of amides is 1. The van der Waals surface area contributed by atoms with E-state index in [0.29, 0.717) is 36.3 Å². The first-order valence-electron chi connectivity index (χ1n) is 13.5. The highest BCUT2D eigenvalue weighted by molar-refractivity contribution is 7.92. The Kier molecular flexibility index (Phi) is 9.07. The van der Waals surface area contributed by atoms with E-state index >= 15 is 0 Å². The number of aromatic nitrogens is 1. The van der Waals surface area contributed by atoms with E-state index in [1.807, 2.05) is 30.3 Å². The van der Waals surface area contributed by atoms with Gasteiger partial charge in [0, 0.05) is 28.4 Å². The summed E-state index contributed by atoms with van der Waals surface area (Å²) in [6, 6.07) is 22.0. The normalized spacial score (nSPS) is 12.6. The Morgan fingerprint density at radius 2 is 1.65 bits per heavy atom. The average molecular weight is 562 g/mol. The van der Waals surface area contributed by atoms with Gasteiger partial charge in [0.2, 0.25) is 5.43 Å². The minimum absolute atomic E-state index is 0.0616. The van der Waals surface area contributed by atoms with Gasteiger partial charge in [-0.15, -0.1) is 0 Å². The number of aromatic amines is 1. The molecule has 1 unspecified atom stereocenters. The number of quaternary nitrogens is 1. The van der Waals surface area contributed by atoms with Gasteiger partial charge >= 0.3 is 0 Å². The lowest BCUT2D eigenvalue weighted by Gasteiger charge is -2.23. The molecule has 0 bridgehead atoms. The highest BCUT2D eigenvalue weighted by atomic mass is 32.2. The van der Waals surface area contributed by atoms with Crippen molar-refractivity contribution in [2.45, 2.75) is 51.1 Å². The molecule has 0 saturated carbocycles. The van der Waals surface area contributed by atoms with Crippen LogP contribution in [0.3, 0.4) is 0 Å². The first-order chi connectivity index (χ1) is 19.0. The van der Waals surface area contributed by atoms with Crippen molar-refractivity contribution in [3.63, 3.8) is 0 Å². The van der Waals surface area contributed by atoms with Crippen molar-refractivity contribution in [1.29, 1.82) is 0 Å². The summed E-state index contributed by atoms with van der Waals surface area (Å²) in [7, 11) is -3.95. The van der Waals surface area contributed by atoms with E-state index in [4.69, 9.17) is 0 Å². The van der Waals surface area contributed by atoms with Crippen LogP contribution in [0.15, 0.2) is 88.7 Å². The maximum Gasteiger partial charge on any atom is 0.261 e. The Labute approximate surface area is 235 Å². The van der Waals surface area contributed by atoms with Crippen LogP contribution in [0.5, 0.6) is 0 Å².